The summed E-state index contributed by atoms with van der Waals surface area (Å²) in [5.74, 6) is 0.364. The van der Waals surface area contributed by atoms with Gasteiger partial charge in [0.15, 0.2) is 0 Å². The third kappa shape index (κ3) is 2.17. The summed E-state index contributed by atoms with van der Waals surface area (Å²) in [6.07, 6.45) is 0. The van der Waals surface area contributed by atoms with Crippen LogP contribution in [0.3, 0.4) is 0 Å². The number of thiazole rings is 1. The molecule has 0 atom stereocenters. The number of nitrogens with zero attached hydrogens (tertiary/aromatic N) is 1. The first-order valence-corrected chi connectivity index (χ1v) is 6.03. The minimum absolute atomic E-state index is 0.364. The van der Waals surface area contributed by atoms with Crippen molar-refractivity contribution in [1.29, 1.82) is 0 Å². The first-order chi connectivity index (χ1) is 7.68. The van der Waals surface area contributed by atoms with Gasteiger partial charge in [0.2, 0.25) is 0 Å². The molecule has 2 rings (SSSR count). The number of aryl methyl sites for hydroxylation is 1. The number of phenolic OH excluding ortho intramolecular Hbond substituents is 1. The van der Waals surface area contributed by atoms with Crippen molar-refractivity contribution in [1.82, 2.24) is 4.98 Å². The molecule has 0 aliphatic heterocycles. The minimum atomic E-state index is 0.364. The molecule has 84 valence electrons. The van der Waals surface area contributed by atoms with Crippen molar-refractivity contribution in [3.63, 3.8) is 0 Å². The van der Waals surface area contributed by atoms with E-state index in [0.717, 1.165) is 22.5 Å². The van der Waals surface area contributed by atoms with Gasteiger partial charge in [-0.15, -0.1) is 11.3 Å². The summed E-state index contributed by atoms with van der Waals surface area (Å²) in [5.41, 5.74) is 5.57. The Bertz CT molecular complexity index is 480. The van der Waals surface area contributed by atoms with E-state index >= 15 is 0 Å². The normalized spacial score (nSPS) is 10.4. The first kappa shape index (κ1) is 11.0. The fraction of sp³-hybridized carbons (Fsp3) is 0.250. The largest absolute Gasteiger partial charge is 0.507 e. The van der Waals surface area contributed by atoms with Gasteiger partial charge < -0.3 is 10.4 Å². The van der Waals surface area contributed by atoms with Crippen LogP contribution in [0.2, 0.25) is 0 Å². The Hall–Kier alpha value is -1.55. The SMILES string of the molecule is Cc1ccc(NCc2cscn2)c(C)c1O. The Morgan fingerprint density at radius 2 is 2.19 bits per heavy atom. The van der Waals surface area contributed by atoms with Gasteiger partial charge in [-0.25, -0.2) is 4.98 Å². The molecule has 3 nitrogen and oxygen atoms in total. The molecule has 2 N–H and O–H groups in total. The molecule has 0 aliphatic rings. The van der Waals surface area contributed by atoms with Gasteiger partial charge in [-0.2, -0.15) is 0 Å². The van der Waals surface area contributed by atoms with Crippen LogP contribution in [-0.2, 0) is 6.54 Å². The fourth-order valence-electron chi connectivity index (χ4n) is 1.54. The van der Waals surface area contributed by atoms with Crippen LogP contribution in [-0.4, -0.2) is 10.1 Å². The molecule has 1 heterocycles. The van der Waals surface area contributed by atoms with Gasteiger partial charge in [0.05, 0.1) is 17.7 Å². The highest BCUT2D eigenvalue weighted by atomic mass is 32.1. The van der Waals surface area contributed by atoms with E-state index in [0.29, 0.717) is 12.3 Å². The zero-order chi connectivity index (χ0) is 11.5. The summed E-state index contributed by atoms with van der Waals surface area (Å²) in [6.45, 7) is 4.49. The lowest BCUT2D eigenvalue weighted by molar-refractivity contribution is 0.467. The van der Waals surface area contributed by atoms with Gasteiger partial charge in [0.1, 0.15) is 5.75 Å². The van der Waals surface area contributed by atoms with Gasteiger partial charge in [-0.3, -0.25) is 0 Å². The van der Waals surface area contributed by atoms with Crippen LogP contribution in [0.25, 0.3) is 0 Å². The average molecular weight is 234 g/mol. The van der Waals surface area contributed by atoms with Crippen molar-refractivity contribution in [2.24, 2.45) is 0 Å². The molecule has 1 aromatic carbocycles. The maximum Gasteiger partial charge on any atom is 0.123 e. The summed E-state index contributed by atoms with van der Waals surface area (Å²) >= 11 is 1.58. The molecule has 0 saturated carbocycles. The Balaban J connectivity index is 2.13. The highest BCUT2D eigenvalue weighted by molar-refractivity contribution is 7.07. The maximum atomic E-state index is 9.79. The number of rotatable bonds is 3. The predicted octanol–water partition coefficient (Wildman–Crippen LogP) is 3.08. The minimum Gasteiger partial charge on any atom is -0.507 e. The van der Waals surface area contributed by atoms with Crippen LogP contribution in [0.4, 0.5) is 5.69 Å². The van der Waals surface area contributed by atoms with Crippen LogP contribution in [0.1, 0.15) is 16.8 Å². The number of aromatic nitrogens is 1. The maximum absolute atomic E-state index is 9.79. The molecule has 0 radical (unpaired) electrons. The number of benzene rings is 1. The van der Waals surface area contributed by atoms with Crippen molar-refractivity contribution >= 4 is 17.0 Å². The van der Waals surface area contributed by atoms with Crippen LogP contribution in [0.5, 0.6) is 5.75 Å². The number of aromatic hydroxyl groups is 1. The summed E-state index contributed by atoms with van der Waals surface area (Å²) < 4.78 is 0. The van der Waals surface area contributed by atoms with E-state index in [-0.39, 0.29) is 0 Å². The average Bonchev–Trinajstić information content (AvgIpc) is 2.78. The van der Waals surface area contributed by atoms with Crippen LogP contribution in [0, 0.1) is 13.8 Å². The Kier molecular flexibility index (Phi) is 3.10. The molecular weight excluding hydrogens is 220 g/mol. The van der Waals surface area contributed by atoms with E-state index in [4.69, 9.17) is 0 Å². The lowest BCUT2D eigenvalue weighted by Crippen LogP contribution is -2.01. The number of hydrogen-bond acceptors (Lipinski definition) is 4. The van der Waals surface area contributed by atoms with Crippen LogP contribution < -0.4 is 5.32 Å². The van der Waals surface area contributed by atoms with E-state index in [1.54, 1.807) is 11.3 Å². The second-order valence-corrected chi connectivity index (χ2v) is 4.46. The zero-order valence-electron chi connectivity index (χ0n) is 9.32. The molecule has 0 fully saturated rings. The molecule has 0 saturated heterocycles. The second kappa shape index (κ2) is 4.53. The number of nitrogens with one attached hydrogen (secondary N) is 1. The van der Waals surface area contributed by atoms with E-state index in [1.807, 2.05) is 36.9 Å². The first-order valence-electron chi connectivity index (χ1n) is 5.08. The molecule has 16 heavy (non-hydrogen) atoms. The van der Waals surface area contributed by atoms with Crippen molar-refractivity contribution in [2.45, 2.75) is 20.4 Å². The summed E-state index contributed by atoms with van der Waals surface area (Å²) in [4.78, 5) is 4.19. The number of phenols is 1. The third-order valence-electron chi connectivity index (χ3n) is 2.58. The van der Waals surface area contributed by atoms with Crippen molar-refractivity contribution in [3.8, 4) is 5.75 Å². The topological polar surface area (TPSA) is 45.2 Å². The third-order valence-corrected chi connectivity index (χ3v) is 3.21. The molecule has 0 amide bonds. The van der Waals surface area contributed by atoms with Gasteiger partial charge in [-0.05, 0) is 25.5 Å². The smallest absolute Gasteiger partial charge is 0.123 e. The highest BCUT2D eigenvalue weighted by Crippen LogP contribution is 2.28. The standard InChI is InChI=1S/C12H14N2OS/c1-8-3-4-11(9(2)12(8)15)13-5-10-6-16-7-14-10/h3-4,6-7,13,15H,5H2,1-2H3. The van der Waals surface area contributed by atoms with Gasteiger partial charge in [-0.1, -0.05) is 6.07 Å². The summed E-state index contributed by atoms with van der Waals surface area (Å²) in [5, 5.41) is 15.1. The van der Waals surface area contributed by atoms with Crippen molar-refractivity contribution < 1.29 is 5.11 Å². The van der Waals surface area contributed by atoms with Gasteiger partial charge in [0, 0.05) is 16.6 Å². The van der Waals surface area contributed by atoms with E-state index in [2.05, 4.69) is 10.3 Å². The molecule has 0 unspecified atom stereocenters. The monoisotopic (exact) mass is 234 g/mol. The van der Waals surface area contributed by atoms with Gasteiger partial charge >= 0.3 is 0 Å². The molecule has 1 aromatic heterocycles. The van der Waals surface area contributed by atoms with Crippen molar-refractivity contribution in [3.05, 3.63) is 39.8 Å². The van der Waals surface area contributed by atoms with Crippen molar-refractivity contribution in [2.75, 3.05) is 5.32 Å². The summed E-state index contributed by atoms with van der Waals surface area (Å²) in [7, 11) is 0. The summed E-state index contributed by atoms with van der Waals surface area (Å²) in [6, 6.07) is 3.89. The van der Waals surface area contributed by atoms with Crippen LogP contribution in [0.15, 0.2) is 23.0 Å². The molecule has 0 aliphatic carbocycles. The molecule has 0 spiro atoms. The lowest BCUT2D eigenvalue weighted by atomic mass is 10.1. The molecule has 2 aromatic rings. The van der Waals surface area contributed by atoms with E-state index in [1.165, 1.54) is 0 Å². The molecular formula is C12H14N2OS. The van der Waals surface area contributed by atoms with E-state index < -0.39 is 0 Å². The number of anilines is 1. The quantitative estimate of drug-likeness (QED) is 0.857. The second-order valence-electron chi connectivity index (χ2n) is 3.74. The Labute approximate surface area is 98.8 Å². The van der Waals surface area contributed by atoms with Gasteiger partial charge in [0.25, 0.3) is 0 Å². The number of hydrogen-bond donors (Lipinski definition) is 2. The van der Waals surface area contributed by atoms with Crippen LogP contribution >= 0.6 is 11.3 Å². The highest BCUT2D eigenvalue weighted by Gasteiger charge is 2.05. The molecule has 4 heteroatoms. The zero-order valence-corrected chi connectivity index (χ0v) is 10.1. The Morgan fingerprint density at radius 3 is 2.88 bits per heavy atom. The Morgan fingerprint density at radius 1 is 1.38 bits per heavy atom. The van der Waals surface area contributed by atoms with E-state index in [9.17, 15) is 5.11 Å². The predicted molar refractivity (Wildman–Crippen MR) is 67.0 cm³/mol. The fourth-order valence-corrected chi connectivity index (χ4v) is 2.10. The lowest BCUT2D eigenvalue weighted by Gasteiger charge is -2.11. The molecule has 0 bridgehead atoms.